The standard InChI is InChI=1S/C12H22N2O2/c1-8(12(15)14-10-4-5-10)16-11-6-2-9(13)3-7-11/h8-11H,2-7,13H2,1H3,(H,14,15). The lowest BCUT2D eigenvalue weighted by Crippen LogP contribution is -2.39. The topological polar surface area (TPSA) is 64.3 Å². The highest BCUT2D eigenvalue weighted by Gasteiger charge is 2.28. The molecule has 0 radical (unpaired) electrons. The molecule has 1 amide bonds. The van der Waals surface area contributed by atoms with Gasteiger partial charge in [-0.1, -0.05) is 0 Å². The number of ether oxygens (including phenoxy) is 1. The van der Waals surface area contributed by atoms with Crippen LogP contribution in [0.25, 0.3) is 0 Å². The van der Waals surface area contributed by atoms with E-state index in [1.807, 2.05) is 6.92 Å². The third kappa shape index (κ3) is 3.46. The van der Waals surface area contributed by atoms with Crippen LogP contribution in [0.15, 0.2) is 0 Å². The van der Waals surface area contributed by atoms with Crippen LogP contribution >= 0.6 is 0 Å². The number of amides is 1. The molecule has 2 rings (SSSR count). The molecule has 0 aliphatic heterocycles. The molecule has 0 heterocycles. The Labute approximate surface area is 96.9 Å². The summed E-state index contributed by atoms with van der Waals surface area (Å²) < 4.78 is 5.76. The predicted octanol–water partition coefficient (Wildman–Crippen LogP) is 0.940. The van der Waals surface area contributed by atoms with Gasteiger partial charge in [0.2, 0.25) is 5.91 Å². The minimum atomic E-state index is -0.320. The number of nitrogens with two attached hydrogens (primary N) is 1. The Bertz CT molecular complexity index is 245. The normalized spacial score (nSPS) is 32.1. The van der Waals surface area contributed by atoms with Crippen molar-refractivity contribution in [2.45, 2.75) is 69.7 Å². The number of rotatable bonds is 4. The molecule has 1 unspecified atom stereocenters. The van der Waals surface area contributed by atoms with Crippen LogP contribution in [0.2, 0.25) is 0 Å². The third-order valence-electron chi connectivity index (χ3n) is 3.41. The molecule has 2 fully saturated rings. The summed E-state index contributed by atoms with van der Waals surface area (Å²) in [5.41, 5.74) is 5.83. The molecule has 4 heteroatoms. The molecule has 0 aromatic heterocycles. The Morgan fingerprint density at radius 2 is 1.88 bits per heavy atom. The van der Waals surface area contributed by atoms with E-state index in [0.29, 0.717) is 12.1 Å². The minimum Gasteiger partial charge on any atom is -0.365 e. The van der Waals surface area contributed by atoms with Crippen molar-refractivity contribution in [2.24, 2.45) is 5.73 Å². The van der Waals surface area contributed by atoms with Gasteiger partial charge in [0, 0.05) is 12.1 Å². The van der Waals surface area contributed by atoms with Crippen LogP contribution in [0.5, 0.6) is 0 Å². The van der Waals surface area contributed by atoms with Gasteiger partial charge in [-0.25, -0.2) is 0 Å². The average molecular weight is 226 g/mol. The molecule has 3 N–H and O–H groups in total. The molecule has 2 aliphatic rings. The average Bonchev–Trinajstić information content (AvgIpc) is 3.05. The second-order valence-corrected chi connectivity index (χ2v) is 5.10. The molecule has 0 aromatic carbocycles. The van der Waals surface area contributed by atoms with Crippen molar-refractivity contribution in [3.8, 4) is 0 Å². The number of carbonyl (C=O) groups excluding carboxylic acids is 1. The van der Waals surface area contributed by atoms with Gasteiger partial charge < -0.3 is 15.8 Å². The first kappa shape index (κ1) is 11.9. The van der Waals surface area contributed by atoms with E-state index in [1.165, 1.54) is 0 Å². The molecule has 0 spiro atoms. The first-order valence-electron chi connectivity index (χ1n) is 6.36. The first-order valence-corrected chi connectivity index (χ1v) is 6.36. The van der Waals surface area contributed by atoms with Crippen molar-refractivity contribution >= 4 is 5.91 Å². The van der Waals surface area contributed by atoms with Crippen molar-refractivity contribution in [2.75, 3.05) is 0 Å². The predicted molar refractivity (Wildman–Crippen MR) is 61.9 cm³/mol. The lowest BCUT2D eigenvalue weighted by molar-refractivity contribution is -0.136. The van der Waals surface area contributed by atoms with E-state index in [1.54, 1.807) is 0 Å². The lowest BCUT2D eigenvalue weighted by atomic mass is 9.93. The second-order valence-electron chi connectivity index (χ2n) is 5.10. The summed E-state index contributed by atoms with van der Waals surface area (Å²) in [6, 6.07) is 0.744. The number of hydrogen-bond acceptors (Lipinski definition) is 3. The molecule has 0 saturated heterocycles. The van der Waals surface area contributed by atoms with Crippen molar-refractivity contribution in [1.82, 2.24) is 5.32 Å². The summed E-state index contributed by atoms with van der Waals surface area (Å²) in [6.07, 6.45) is 6.15. The van der Waals surface area contributed by atoms with Gasteiger partial charge in [0.1, 0.15) is 6.10 Å². The Morgan fingerprint density at radius 1 is 1.25 bits per heavy atom. The van der Waals surface area contributed by atoms with Gasteiger partial charge in [-0.15, -0.1) is 0 Å². The van der Waals surface area contributed by atoms with E-state index in [9.17, 15) is 4.79 Å². The van der Waals surface area contributed by atoms with Crippen LogP contribution in [0, 0.1) is 0 Å². The van der Waals surface area contributed by atoms with Gasteiger partial charge in [-0.3, -0.25) is 4.79 Å². The third-order valence-corrected chi connectivity index (χ3v) is 3.41. The van der Waals surface area contributed by atoms with Crippen molar-refractivity contribution in [3.05, 3.63) is 0 Å². The molecular formula is C12H22N2O2. The molecule has 0 aromatic rings. The summed E-state index contributed by atoms with van der Waals surface area (Å²) in [7, 11) is 0. The highest BCUT2D eigenvalue weighted by molar-refractivity contribution is 5.80. The van der Waals surface area contributed by atoms with E-state index in [4.69, 9.17) is 10.5 Å². The fraction of sp³-hybridized carbons (Fsp3) is 0.917. The Kier molecular flexibility index (Phi) is 3.82. The molecule has 2 aliphatic carbocycles. The van der Waals surface area contributed by atoms with Crippen LogP contribution < -0.4 is 11.1 Å². The SMILES string of the molecule is CC(OC1CCC(N)CC1)C(=O)NC1CC1. The highest BCUT2D eigenvalue weighted by Crippen LogP contribution is 2.22. The lowest BCUT2D eigenvalue weighted by Gasteiger charge is -2.28. The zero-order valence-corrected chi connectivity index (χ0v) is 9.95. The molecule has 2 saturated carbocycles. The van der Waals surface area contributed by atoms with E-state index in [0.717, 1.165) is 38.5 Å². The molecular weight excluding hydrogens is 204 g/mol. The zero-order valence-electron chi connectivity index (χ0n) is 9.95. The number of carbonyl (C=O) groups is 1. The van der Waals surface area contributed by atoms with Crippen LogP contribution in [0.4, 0.5) is 0 Å². The van der Waals surface area contributed by atoms with Gasteiger partial charge in [0.25, 0.3) is 0 Å². The first-order chi connectivity index (χ1) is 7.65. The van der Waals surface area contributed by atoms with Gasteiger partial charge in [0.15, 0.2) is 0 Å². The highest BCUT2D eigenvalue weighted by atomic mass is 16.5. The second kappa shape index (κ2) is 5.15. The van der Waals surface area contributed by atoms with Crippen molar-refractivity contribution in [1.29, 1.82) is 0 Å². The van der Waals surface area contributed by atoms with Crippen LogP contribution in [0.3, 0.4) is 0 Å². The Morgan fingerprint density at radius 3 is 2.44 bits per heavy atom. The summed E-state index contributed by atoms with van der Waals surface area (Å²) in [6.45, 7) is 1.84. The van der Waals surface area contributed by atoms with Gasteiger partial charge in [-0.05, 0) is 45.4 Å². The Balaban J connectivity index is 1.69. The Hall–Kier alpha value is -0.610. The summed E-state index contributed by atoms with van der Waals surface area (Å²) in [4.78, 5) is 11.7. The van der Waals surface area contributed by atoms with E-state index >= 15 is 0 Å². The van der Waals surface area contributed by atoms with Gasteiger partial charge in [0.05, 0.1) is 6.10 Å². The number of nitrogens with one attached hydrogen (secondary N) is 1. The molecule has 92 valence electrons. The van der Waals surface area contributed by atoms with Crippen molar-refractivity contribution < 1.29 is 9.53 Å². The van der Waals surface area contributed by atoms with Crippen molar-refractivity contribution in [3.63, 3.8) is 0 Å². The minimum absolute atomic E-state index is 0.0392. The smallest absolute Gasteiger partial charge is 0.249 e. The van der Waals surface area contributed by atoms with Gasteiger partial charge in [-0.2, -0.15) is 0 Å². The van der Waals surface area contributed by atoms with E-state index < -0.39 is 0 Å². The molecule has 1 atom stereocenters. The summed E-state index contributed by atoms with van der Waals surface area (Å²) in [5.74, 6) is 0.0392. The molecule has 0 bridgehead atoms. The van der Waals surface area contributed by atoms with Crippen LogP contribution in [0.1, 0.15) is 45.4 Å². The maximum Gasteiger partial charge on any atom is 0.249 e. The fourth-order valence-electron chi connectivity index (χ4n) is 2.12. The van der Waals surface area contributed by atoms with Gasteiger partial charge >= 0.3 is 0 Å². The van der Waals surface area contributed by atoms with E-state index in [-0.39, 0.29) is 18.1 Å². The monoisotopic (exact) mass is 226 g/mol. The zero-order chi connectivity index (χ0) is 11.5. The van der Waals surface area contributed by atoms with Crippen LogP contribution in [-0.4, -0.2) is 30.2 Å². The molecule has 16 heavy (non-hydrogen) atoms. The summed E-state index contributed by atoms with van der Waals surface area (Å²) >= 11 is 0. The maximum absolute atomic E-state index is 11.7. The fourth-order valence-corrected chi connectivity index (χ4v) is 2.12. The quantitative estimate of drug-likeness (QED) is 0.750. The largest absolute Gasteiger partial charge is 0.365 e. The summed E-state index contributed by atoms with van der Waals surface area (Å²) in [5, 5.41) is 2.96. The number of hydrogen-bond donors (Lipinski definition) is 2. The van der Waals surface area contributed by atoms with Crippen LogP contribution in [-0.2, 0) is 9.53 Å². The maximum atomic E-state index is 11.7. The molecule has 4 nitrogen and oxygen atoms in total. The van der Waals surface area contributed by atoms with E-state index in [2.05, 4.69) is 5.32 Å².